The normalized spacial score (nSPS) is 20.1. The van der Waals surface area contributed by atoms with Crippen molar-refractivity contribution in [2.24, 2.45) is 0 Å². The fourth-order valence-electron chi connectivity index (χ4n) is 6.05. The lowest BCUT2D eigenvalue weighted by Gasteiger charge is -2.42. The van der Waals surface area contributed by atoms with Crippen LogP contribution in [0.1, 0.15) is 37.3 Å². The average molecular weight is 515 g/mol. The summed E-state index contributed by atoms with van der Waals surface area (Å²) in [5.41, 5.74) is 3.53. The van der Waals surface area contributed by atoms with Gasteiger partial charge >= 0.3 is 0 Å². The van der Waals surface area contributed by atoms with E-state index in [2.05, 4.69) is 44.5 Å². The number of piperidine rings is 1. The number of amides is 1. The maximum absolute atomic E-state index is 11.9. The molecule has 0 radical (unpaired) electrons. The van der Waals surface area contributed by atoms with Crippen molar-refractivity contribution in [3.8, 4) is 17.2 Å². The van der Waals surface area contributed by atoms with Gasteiger partial charge in [-0.1, -0.05) is 12.6 Å². The zero-order chi connectivity index (χ0) is 26.1. The Morgan fingerprint density at radius 3 is 2.47 bits per heavy atom. The molecule has 3 aliphatic rings. The van der Waals surface area contributed by atoms with Gasteiger partial charge in [-0.3, -0.25) is 14.4 Å². The van der Waals surface area contributed by atoms with Crippen molar-refractivity contribution in [3.05, 3.63) is 48.9 Å². The lowest BCUT2D eigenvalue weighted by atomic mass is 10.0. The van der Waals surface area contributed by atoms with Crippen LogP contribution >= 0.6 is 0 Å². The molecule has 10 nitrogen and oxygen atoms in total. The van der Waals surface area contributed by atoms with E-state index in [9.17, 15) is 10.1 Å². The summed E-state index contributed by atoms with van der Waals surface area (Å²) in [7, 11) is 0. The molecule has 3 aromatic heterocycles. The first kappa shape index (κ1) is 24.6. The number of pyridine rings is 1. The van der Waals surface area contributed by atoms with Crippen molar-refractivity contribution in [3.63, 3.8) is 0 Å². The molecular formula is C28H34N8O2. The molecule has 0 bridgehead atoms. The van der Waals surface area contributed by atoms with Crippen molar-refractivity contribution in [1.82, 2.24) is 29.2 Å². The van der Waals surface area contributed by atoms with Crippen LogP contribution in [0.2, 0.25) is 0 Å². The molecule has 1 amide bonds. The number of fused-ring (bicyclic) bond motifs is 1. The summed E-state index contributed by atoms with van der Waals surface area (Å²) in [5, 5.41) is 19.5. The third-order valence-electron chi connectivity index (χ3n) is 8.30. The van der Waals surface area contributed by atoms with Crippen molar-refractivity contribution in [2.75, 3.05) is 57.4 Å². The molecule has 0 N–H and O–H groups in total. The first-order chi connectivity index (χ1) is 18.6. The van der Waals surface area contributed by atoms with Crippen molar-refractivity contribution < 1.29 is 9.53 Å². The summed E-state index contributed by atoms with van der Waals surface area (Å²) in [4.78, 5) is 18.5. The molecule has 10 heteroatoms. The summed E-state index contributed by atoms with van der Waals surface area (Å²) in [6, 6.07) is 7.33. The second kappa shape index (κ2) is 10.6. The number of carbonyl (C=O) groups is 1. The van der Waals surface area contributed by atoms with E-state index in [0.29, 0.717) is 17.6 Å². The molecule has 0 unspecified atom stereocenters. The summed E-state index contributed by atoms with van der Waals surface area (Å²) in [6.45, 7) is 10.2. The minimum absolute atomic E-state index is 0.0201. The zero-order valence-corrected chi connectivity index (χ0v) is 21.7. The van der Waals surface area contributed by atoms with E-state index in [1.807, 2.05) is 27.9 Å². The van der Waals surface area contributed by atoms with Crippen LogP contribution < -0.4 is 4.90 Å². The van der Waals surface area contributed by atoms with Gasteiger partial charge in [0.1, 0.15) is 11.6 Å². The fourth-order valence-corrected chi connectivity index (χ4v) is 6.05. The number of nitriles is 1. The molecule has 0 aliphatic carbocycles. The quantitative estimate of drug-likeness (QED) is 0.483. The average Bonchev–Trinajstić information content (AvgIpc) is 3.62. The number of nitrogens with zero attached hydrogens (tertiary/aromatic N) is 8. The van der Waals surface area contributed by atoms with E-state index in [4.69, 9.17) is 9.84 Å². The smallest absolute Gasteiger partial charge is 0.246 e. The highest BCUT2D eigenvalue weighted by atomic mass is 16.5. The van der Waals surface area contributed by atoms with Crippen LogP contribution in [0.4, 0.5) is 5.82 Å². The molecule has 3 aliphatic heterocycles. The highest BCUT2D eigenvalue weighted by Gasteiger charge is 2.30. The molecule has 0 aromatic carbocycles. The SMILES string of the molecule is C=CC(=O)N1CCN(C2CCN(c3nn4cc(-c5cnn(C6CCOCC6)c5)ccc4c3C#N)CC2)CC1. The van der Waals surface area contributed by atoms with Gasteiger partial charge in [-0.15, -0.1) is 5.10 Å². The molecular weight excluding hydrogens is 480 g/mol. The standard InChI is InChI=1S/C28H34N8O2/c1-2-27(37)33-13-11-32(12-14-33)23-5-9-34(10-6-23)28-25(17-29)26-4-3-21(19-36(26)31-28)22-18-30-35(20-22)24-7-15-38-16-8-24/h2-4,18-20,23-24H,1,5-16H2. The van der Waals surface area contributed by atoms with Crippen LogP contribution in [0.5, 0.6) is 0 Å². The van der Waals surface area contributed by atoms with Crippen LogP contribution in [-0.2, 0) is 9.53 Å². The van der Waals surface area contributed by atoms with Crippen LogP contribution in [-0.4, -0.2) is 93.6 Å². The monoisotopic (exact) mass is 514 g/mol. The van der Waals surface area contributed by atoms with E-state index < -0.39 is 0 Å². The summed E-state index contributed by atoms with van der Waals surface area (Å²) < 4.78 is 9.38. The minimum atomic E-state index is 0.0201. The Morgan fingerprint density at radius 1 is 1.00 bits per heavy atom. The molecule has 0 atom stereocenters. The predicted molar refractivity (Wildman–Crippen MR) is 144 cm³/mol. The Labute approximate surface area is 222 Å². The first-order valence-electron chi connectivity index (χ1n) is 13.6. The number of carbonyl (C=O) groups excluding carboxylic acids is 1. The van der Waals surface area contributed by atoms with Gasteiger partial charge in [0.15, 0.2) is 5.82 Å². The Kier molecular flexibility index (Phi) is 6.87. The molecule has 3 fully saturated rings. The van der Waals surface area contributed by atoms with Gasteiger partial charge in [0, 0.05) is 82.0 Å². The lowest BCUT2D eigenvalue weighted by molar-refractivity contribution is -0.128. The minimum Gasteiger partial charge on any atom is -0.381 e. The number of hydrogen-bond acceptors (Lipinski definition) is 7. The van der Waals surface area contributed by atoms with E-state index in [0.717, 1.165) is 101 Å². The van der Waals surface area contributed by atoms with E-state index in [1.165, 1.54) is 6.08 Å². The van der Waals surface area contributed by atoms with Gasteiger partial charge < -0.3 is 14.5 Å². The second-order valence-electron chi connectivity index (χ2n) is 10.4. The van der Waals surface area contributed by atoms with Gasteiger partial charge in [-0.25, -0.2) is 4.52 Å². The topological polar surface area (TPSA) is 94.9 Å². The molecule has 6 heterocycles. The van der Waals surface area contributed by atoms with Gasteiger partial charge in [0.2, 0.25) is 5.91 Å². The van der Waals surface area contributed by atoms with Crippen LogP contribution in [0.3, 0.4) is 0 Å². The van der Waals surface area contributed by atoms with Crippen molar-refractivity contribution in [2.45, 2.75) is 37.8 Å². The number of piperazine rings is 1. The van der Waals surface area contributed by atoms with E-state index >= 15 is 0 Å². The number of hydrogen-bond donors (Lipinski definition) is 0. The maximum atomic E-state index is 11.9. The summed E-state index contributed by atoms with van der Waals surface area (Å²) in [5.74, 6) is 0.786. The van der Waals surface area contributed by atoms with Gasteiger partial charge in [-0.2, -0.15) is 10.4 Å². The highest BCUT2D eigenvalue weighted by Crippen LogP contribution is 2.30. The Hall–Kier alpha value is -3.68. The Morgan fingerprint density at radius 2 is 1.76 bits per heavy atom. The fraction of sp³-hybridized carbons (Fsp3) is 0.500. The number of anilines is 1. The van der Waals surface area contributed by atoms with Crippen molar-refractivity contribution >= 4 is 17.2 Å². The van der Waals surface area contributed by atoms with Crippen LogP contribution in [0.15, 0.2) is 43.4 Å². The zero-order valence-electron chi connectivity index (χ0n) is 21.7. The molecule has 0 spiro atoms. The Balaban J connectivity index is 1.14. The van der Waals surface area contributed by atoms with Gasteiger partial charge in [0.05, 0.1) is 17.8 Å². The largest absolute Gasteiger partial charge is 0.381 e. The molecule has 0 saturated carbocycles. The van der Waals surface area contributed by atoms with E-state index in [-0.39, 0.29) is 5.91 Å². The third-order valence-corrected chi connectivity index (χ3v) is 8.30. The van der Waals surface area contributed by atoms with Gasteiger partial charge in [-0.05, 0) is 37.8 Å². The van der Waals surface area contributed by atoms with E-state index in [1.54, 1.807) is 0 Å². The van der Waals surface area contributed by atoms with Crippen LogP contribution in [0.25, 0.3) is 16.6 Å². The molecule has 38 heavy (non-hydrogen) atoms. The maximum Gasteiger partial charge on any atom is 0.246 e. The van der Waals surface area contributed by atoms with Gasteiger partial charge in [0.25, 0.3) is 0 Å². The lowest BCUT2D eigenvalue weighted by Crippen LogP contribution is -2.54. The summed E-state index contributed by atoms with van der Waals surface area (Å²) >= 11 is 0. The molecule has 6 rings (SSSR count). The molecule has 3 aromatic rings. The number of ether oxygens (including phenoxy) is 1. The van der Waals surface area contributed by atoms with Crippen LogP contribution in [0, 0.1) is 11.3 Å². The van der Waals surface area contributed by atoms with Crippen molar-refractivity contribution in [1.29, 1.82) is 5.26 Å². The second-order valence-corrected chi connectivity index (χ2v) is 10.4. The predicted octanol–water partition coefficient (Wildman–Crippen LogP) is 2.72. The molecule has 3 saturated heterocycles. The Bertz CT molecular complexity index is 1350. The number of rotatable bonds is 5. The molecule has 198 valence electrons. The third kappa shape index (κ3) is 4.68. The number of aromatic nitrogens is 4. The highest BCUT2D eigenvalue weighted by molar-refractivity contribution is 5.87. The first-order valence-corrected chi connectivity index (χ1v) is 13.6. The summed E-state index contributed by atoms with van der Waals surface area (Å²) in [6.07, 6.45) is 11.4.